The zero-order valence-corrected chi connectivity index (χ0v) is 25.2. The van der Waals surface area contributed by atoms with E-state index in [9.17, 15) is 10.2 Å². The van der Waals surface area contributed by atoms with Gasteiger partial charge in [-0.05, 0) is 84.9 Å². The number of hydrogen-bond acceptors (Lipinski definition) is 10. The topological polar surface area (TPSA) is 109 Å². The van der Waals surface area contributed by atoms with Crippen molar-refractivity contribution >= 4 is 34.9 Å². The minimum atomic E-state index is -0.623. The zero-order chi connectivity index (χ0) is 30.8. The van der Waals surface area contributed by atoms with E-state index in [4.69, 9.17) is 42.4 Å². The molecular formula is C32H28Cl2N4O6. The Morgan fingerprint density at radius 3 is 1.39 bits per heavy atom. The number of phenolic OH excluding ortho intramolecular Hbond substituents is 2. The van der Waals surface area contributed by atoms with Gasteiger partial charge in [-0.1, -0.05) is 33.5 Å². The highest BCUT2D eigenvalue weighted by atomic mass is 35.5. The molecule has 0 aliphatic carbocycles. The summed E-state index contributed by atoms with van der Waals surface area (Å²) in [5, 5.41) is 30.5. The van der Waals surface area contributed by atoms with Crippen LogP contribution in [0.1, 0.15) is 34.7 Å². The van der Waals surface area contributed by atoms with Crippen LogP contribution in [-0.2, 0) is 9.68 Å². The number of hydrogen-bond donors (Lipinski definition) is 2. The normalized spacial score (nSPS) is 17.5. The molecule has 0 bridgehead atoms. The average Bonchev–Trinajstić information content (AvgIpc) is 3.66. The predicted octanol–water partition coefficient (Wildman–Crippen LogP) is 6.51. The molecule has 2 aliphatic rings. The summed E-state index contributed by atoms with van der Waals surface area (Å²) in [7, 11) is 2.98. The number of benzene rings is 4. The van der Waals surface area contributed by atoms with Gasteiger partial charge < -0.3 is 39.2 Å². The molecule has 4 aromatic rings. The van der Waals surface area contributed by atoms with Crippen molar-refractivity contribution in [3.8, 4) is 23.0 Å². The lowest BCUT2D eigenvalue weighted by atomic mass is 10.1. The fourth-order valence-corrected chi connectivity index (χ4v) is 5.37. The molecule has 0 aromatic heterocycles. The second-order valence-corrected chi connectivity index (χ2v) is 10.9. The molecule has 0 fully saturated rings. The van der Waals surface area contributed by atoms with Crippen molar-refractivity contribution in [3.05, 3.63) is 117 Å². The largest absolute Gasteiger partial charge is 0.504 e. The lowest BCUT2D eigenvalue weighted by Crippen LogP contribution is -2.41. The molecule has 12 heteroatoms. The Balaban J connectivity index is 1.35. The van der Waals surface area contributed by atoms with Gasteiger partial charge in [-0.3, -0.25) is 0 Å². The number of oxime groups is 2. The molecule has 2 aliphatic heterocycles. The van der Waals surface area contributed by atoms with Crippen LogP contribution in [0.15, 0.2) is 95.2 Å². The highest BCUT2D eigenvalue weighted by molar-refractivity contribution is 6.31. The van der Waals surface area contributed by atoms with E-state index in [0.717, 1.165) is 22.3 Å². The van der Waals surface area contributed by atoms with E-state index in [0.29, 0.717) is 46.3 Å². The first-order valence-corrected chi connectivity index (χ1v) is 14.4. The summed E-state index contributed by atoms with van der Waals surface area (Å²) in [5.74, 6) is 1.88. The van der Waals surface area contributed by atoms with Crippen molar-refractivity contribution in [2.24, 2.45) is 10.3 Å². The lowest BCUT2D eigenvalue weighted by molar-refractivity contribution is -0.0109. The van der Waals surface area contributed by atoms with Gasteiger partial charge >= 0.3 is 0 Å². The van der Waals surface area contributed by atoms with Crippen LogP contribution < -0.4 is 9.47 Å². The summed E-state index contributed by atoms with van der Waals surface area (Å²) in [6, 6.07) is 24.8. The van der Waals surface area contributed by atoms with Gasteiger partial charge in [0.15, 0.2) is 34.7 Å². The third-order valence-electron chi connectivity index (χ3n) is 7.35. The molecule has 0 spiro atoms. The van der Waals surface area contributed by atoms with Crippen molar-refractivity contribution in [3.63, 3.8) is 0 Å². The van der Waals surface area contributed by atoms with Crippen molar-refractivity contribution in [1.82, 2.24) is 9.80 Å². The van der Waals surface area contributed by atoms with Crippen LogP contribution in [0.4, 0.5) is 0 Å². The van der Waals surface area contributed by atoms with Gasteiger partial charge in [0.05, 0.1) is 14.2 Å². The maximum Gasteiger partial charge on any atom is 0.227 e. The molecule has 44 heavy (non-hydrogen) atoms. The van der Waals surface area contributed by atoms with E-state index in [1.54, 1.807) is 60.7 Å². The Bertz CT molecular complexity index is 1590. The van der Waals surface area contributed by atoms with Crippen molar-refractivity contribution < 1.29 is 29.4 Å². The highest BCUT2D eigenvalue weighted by Gasteiger charge is 2.37. The first-order chi connectivity index (χ1) is 21.4. The molecule has 2 unspecified atom stereocenters. The van der Waals surface area contributed by atoms with E-state index in [1.165, 1.54) is 14.2 Å². The second kappa shape index (κ2) is 12.4. The first kappa shape index (κ1) is 29.3. The number of ether oxygens (including phenoxy) is 2. The molecule has 2 N–H and O–H groups in total. The summed E-state index contributed by atoms with van der Waals surface area (Å²) in [5.41, 5.74) is 3.09. The number of phenols is 2. The Hall–Kier alpha value is -4.80. The monoisotopic (exact) mass is 634 g/mol. The third-order valence-corrected chi connectivity index (χ3v) is 7.86. The first-order valence-electron chi connectivity index (χ1n) is 13.6. The molecule has 0 saturated carbocycles. The Labute approximate surface area is 263 Å². The highest BCUT2D eigenvalue weighted by Crippen LogP contribution is 2.38. The molecule has 4 aromatic carbocycles. The van der Waals surface area contributed by atoms with Crippen LogP contribution >= 0.6 is 23.2 Å². The van der Waals surface area contributed by atoms with Gasteiger partial charge in [-0.2, -0.15) is 0 Å². The smallest absolute Gasteiger partial charge is 0.227 e. The van der Waals surface area contributed by atoms with Crippen LogP contribution in [0.5, 0.6) is 23.0 Å². The Morgan fingerprint density at radius 2 is 1.02 bits per heavy atom. The van der Waals surface area contributed by atoms with Crippen molar-refractivity contribution in [2.75, 3.05) is 27.3 Å². The average molecular weight is 636 g/mol. The standard InChI is InChI=1S/C32H28Cl2N4O6/c1-41-27-17-21(7-13-25(27)39)31-37(29(35-43-31)19-3-9-23(33)10-4-19)15-16-38-30(20-5-11-24(34)12-6-20)36-44-32(38)22-8-14-26(40)28(18-22)42-2/h3-14,17-18,31-32,39-40H,15-16H2,1-2H3. The number of nitrogens with zero attached hydrogens (tertiary/aromatic N) is 4. The quantitative estimate of drug-likeness (QED) is 0.215. The number of aromatic hydroxyl groups is 2. The number of methoxy groups -OCH3 is 2. The van der Waals surface area contributed by atoms with Crippen LogP contribution in [0.3, 0.4) is 0 Å². The van der Waals surface area contributed by atoms with Gasteiger partial charge in [0, 0.05) is 45.4 Å². The molecule has 2 atom stereocenters. The molecule has 0 amide bonds. The number of halogens is 2. The van der Waals surface area contributed by atoms with Crippen LogP contribution in [0.25, 0.3) is 0 Å². The van der Waals surface area contributed by atoms with E-state index >= 15 is 0 Å². The molecule has 226 valence electrons. The molecule has 2 heterocycles. The van der Waals surface area contributed by atoms with E-state index in [1.807, 2.05) is 34.1 Å². The number of amidine groups is 2. The van der Waals surface area contributed by atoms with Crippen LogP contribution in [0, 0.1) is 0 Å². The number of rotatable bonds is 9. The summed E-state index contributed by atoms with van der Waals surface area (Å²) in [4.78, 5) is 16.0. The molecule has 0 saturated heterocycles. The molecular weight excluding hydrogens is 607 g/mol. The fourth-order valence-electron chi connectivity index (χ4n) is 5.11. The predicted molar refractivity (Wildman–Crippen MR) is 166 cm³/mol. The van der Waals surface area contributed by atoms with Crippen LogP contribution in [0.2, 0.25) is 10.0 Å². The van der Waals surface area contributed by atoms with Gasteiger partial charge in [0.25, 0.3) is 0 Å². The second-order valence-electron chi connectivity index (χ2n) is 10.0. The summed E-state index contributed by atoms with van der Waals surface area (Å²) >= 11 is 12.4. The maximum absolute atomic E-state index is 10.2. The fraction of sp³-hybridized carbons (Fsp3) is 0.188. The minimum Gasteiger partial charge on any atom is -0.504 e. The molecule has 10 nitrogen and oxygen atoms in total. The van der Waals surface area contributed by atoms with E-state index < -0.39 is 12.5 Å². The molecule has 0 radical (unpaired) electrons. The SMILES string of the molecule is COc1cc(C2ON=C(c3ccc(Cl)cc3)N2CCN2C(c3ccc(Cl)cc3)=NOC2c2ccc(O)c(OC)c2)ccc1O. The van der Waals surface area contributed by atoms with Crippen LogP contribution in [-0.4, -0.2) is 59.0 Å². The lowest BCUT2D eigenvalue weighted by Gasteiger charge is -2.31. The van der Waals surface area contributed by atoms with E-state index in [-0.39, 0.29) is 11.5 Å². The minimum absolute atomic E-state index is 0.0184. The van der Waals surface area contributed by atoms with Gasteiger partial charge in [0.1, 0.15) is 0 Å². The molecule has 6 rings (SSSR count). The Morgan fingerprint density at radius 1 is 0.636 bits per heavy atom. The summed E-state index contributed by atoms with van der Waals surface area (Å²) in [6.07, 6.45) is -1.25. The Kier molecular flexibility index (Phi) is 8.28. The van der Waals surface area contributed by atoms with Crippen molar-refractivity contribution in [1.29, 1.82) is 0 Å². The maximum atomic E-state index is 10.2. The van der Waals surface area contributed by atoms with Gasteiger partial charge in [0.2, 0.25) is 12.5 Å². The third kappa shape index (κ3) is 5.73. The van der Waals surface area contributed by atoms with Gasteiger partial charge in [-0.15, -0.1) is 0 Å². The summed E-state index contributed by atoms with van der Waals surface area (Å²) < 4.78 is 10.7. The van der Waals surface area contributed by atoms with Crippen molar-refractivity contribution in [2.45, 2.75) is 12.5 Å². The zero-order valence-electron chi connectivity index (χ0n) is 23.7. The van der Waals surface area contributed by atoms with Gasteiger partial charge in [-0.25, -0.2) is 0 Å². The summed E-state index contributed by atoms with van der Waals surface area (Å²) in [6.45, 7) is 0.827. The van der Waals surface area contributed by atoms with E-state index in [2.05, 4.69) is 10.3 Å².